The highest BCUT2D eigenvalue weighted by Crippen LogP contribution is 2.31. The zero-order valence-corrected chi connectivity index (χ0v) is 12.0. The van der Waals surface area contributed by atoms with E-state index in [1.54, 1.807) is 18.2 Å². The van der Waals surface area contributed by atoms with E-state index in [2.05, 4.69) is 13.8 Å². The summed E-state index contributed by atoms with van der Waals surface area (Å²) >= 11 is 6.10. The summed E-state index contributed by atoms with van der Waals surface area (Å²) in [5.74, 6) is 0.592. The Morgan fingerprint density at radius 2 is 2.32 bits per heavy atom. The Morgan fingerprint density at radius 1 is 1.58 bits per heavy atom. The predicted octanol–water partition coefficient (Wildman–Crippen LogP) is 2.96. The number of ether oxygens (including phenoxy) is 2. The maximum absolute atomic E-state index is 7.34. The van der Waals surface area contributed by atoms with E-state index in [4.69, 9.17) is 32.2 Å². The second-order valence-electron chi connectivity index (χ2n) is 5.41. The third-order valence-electron chi connectivity index (χ3n) is 3.22. The van der Waals surface area contributed by atoms with Crippen LogP contribution in [-0.4, -0.2) is 24.1 Å². The molecule has 0 aromatic heterocycles. The molecule has 3 N–H and O–H groups in total. The molecule has 19 heavy (non-hydrogen) atoms. The first-order valence-electron chi connectivity index (χ1n) is 6.32. The standard InChI is InChI=1S/C14H19ClN2O2/c1-14(2)6-5-10(19-14)8-18-12-4-3-9(13(16)17)7-11(12)15/h3-4,7,10H,5-6,8H2,1-2H3,(H3,16,17). The third-order valence-corrected chi connectivity index (χ3v) is 3.52. The molecular weight excluding hydrogens is 264 g/mol. The van der Waals surface area contributed by atoms with Crippen LogP contribution in [0.3, 0.4) is 0 Å². The normalized spacial score (nSPS) is 21.3. The number of hydrogen-bond donors (Lipinski definition) is 2. The van der Waals surface area contributed by atoms with Crippen LogP contribution in [-0.2, 0) is 4.74 Å². The van der Waals surface area contributed by atoms with Gasteiger partial charge in [-0.15, -0.1) is 0 Å². The Hall–Kier alpha value is -1.26. The lowest BCUT2D eigenvalue weighted by atomic mass is 10.1. The van der Waals surface area contributed by atoms with Crippen LogP contribution >= 0.6 is 11.6 Å². The molecule has 1 aromatic rings. The summed E-state index contributed by atoms with van der Waals surface area (Å²) in [6.07, 6.45) is 2.15. The van der Waals surface area contributed by atoms with Crippen molar-refractivity contribution in [2.45, 2.75) is 38.4 Å². The summed E-state index contributed by atoms with van der Waals surface area (Å²) < 4.78 is 11.5. The second kappa shape index (κ2) is 5.39. The van der Waals surface area contributed by atoms with Gasteiger partial charge in [-0.2, -0.15) is 0 Å². The Balaban J connectivity index is 1.95. The van der Waals surface area contributed by atoms with E-state index in [1.807, 2.05) is 0 Å². The SMILES string of the molecule is CC1(C)CCC(COc2ccc(C(=N)N)cc2Cl)O1. The van der Waals surface area contributed by atoms with E-state index < -0.39 is 0 Å². The second-order valence-corrected chi connectivity index (χ2v) is 5.82. The van der Waals surface area contributed by atoms with Crippen molar-refractivity contribution >= 4 is 17.4 Å². The molecule has 0 saturated carbocycles. The van der Waals surface area contributed by atoms with E-state index in [-0.39, 0.29) is 17.5 Å². The lowest BCUT2D eigenvalue weighted by Gasteiger charge is -2.19. The molecule has 0 spiro atoms. The number of rotatable bonds is 4. The van der Waals surface area contributed by atoms with Gasteiger partial charge in [0.2, 0.25) is 0 Å². The van der Waals surface area contributed by atoms with Gasteiger partial charge in [-0.3, -0.25) is 5.41 Å². The van der Waals surface area contributed by atoms with E-state index in [9.17, 15) is 0 Å². The molecule has 4 nitrogen and oxygen atoms in total. The van der Waals surface area contributed by atoms with Crippen molar-refractivity contribution in [1.82, 2.24) is 0 Å². The average molecular weight is 283 g/mol. The topological polar surface area (TPSA) is 68.3 Å². The van der Waals surface area contributed by atoms with Gasteiger partial charge in [0.1, 0.15) is 18.2 Å². The first-order chi connectivity index (χ1) is 8.87. The Morgan fingerprint density at radius 3 is 2.84 bits per heavy atom. The zero-order valence-electron chi connectivity index (χ0n) is 11.2. The quantitative estimate of drug-likeness (QED) is 0.659. The Bertz CT molecular complexity index is 488. The molecule has 1 aliphatic rings. The zero-order chi connectivity index (χ0) is 14.0. The molecule has 0 radical (unpaired) electrons. The van der Waals surface area contributed by atoms with Crippen molar-refractivity contribution in [2.24, 2.45) is 5.73 Å². The number of nitrogens with two attached hydrogens (primary N) is 1. The Labute approximate surface area is 118 Å². The lowest BCUT2D eigenvalue weighted by molar-refractivity contribution is -0.0326. The fourth-order valence-corrected chi connectivity index (χ4v) is 2.40. The minimum Gasteiger partial charge on any atom is -0.489 e. The van der Waals surface area contributed by atoms with Crippen LogP contribution in [0, 0.1) is 5.41 Å². The highest BCUT2D eigenvalue weighted by atomic mass is 35.5. The minimum absolute atomic E-state index is 0.00525. The van der Waals surface area contributed by atoms with E-state index in [1.165, 1.54) is 0 Å². The molecule has 1 aliphatic heterocycles. The van der Waals surface area contributed by atoms with Gasteiger partial charge >= 0.3 is 0 Å². The number of nitrogen functional groups attached to an aromatic ring is 1. The van der Waals surface area contributed by atoms with Crippen LogP contribution in [0.25, 0.3) is 0 Å². The van der Waals surface area contributed by atoms with E-state index in [0.717, 1.165) is 12.8 Å². The molecule has 5 heteroatoms. The molecule has 104 valence electrons. The molecule has 1 atom stereocenters. The van der Waals surface area contributed by atoms with Gasteiger partial charge in [0.25, 0.3) is 0 Å². The predicted molar refractivity (Wildman–Crippen MR) is 76.1 cm³/mol. The summed E-state index contributed by atoms with van der Waals surface area (Å²) in [6, 6.07) is 5.10. The fourth-order valence-electron chi connectivity index (χ4n) is 2.16. The van der Waals surface area contributed by atoms with Gasteiger partial charge in [0.05, 0.1) is 16.7 Å². The molecule has 1 aromatic carbocycles. The lowest BCUT2D eigenvalue weighted by Crippen LogP contribution is -2.24. The molecule has 0 aliphatic carbocycles. The number of hydrogen-bond acceptors (Lipinski definition) is 3. The van der Waals surface area contributed by atoms with Gasteiger partial charge in [0, 0.05) is 5.56 Å². The van der Waals surface area contributed by atoms with Crippen molar-refractivity contribution in [2.75, 3.05) is 6.61 Å². The van der Waals surface area contributed by atoms with Crippen molar-refractivity contribution in [3.8, 4) is 5.75 Å². The number of halogens is 1. The van der Waals surface area contributed by atoms with Gasteiger partial charge < -0.3 is 15.2 Å². The van der Waals surface area contributed by atoms with Crippen LogP contribution in [0.5, 0.6) is 5.75 Å². The molecule has 1 fully saturated rings. The van der Waals surface area contributed by atoms with Crippen molar-refractivity contribution in [1.29, 1.82) is 5.41 Å². The molecular formula is C14H19ClN2O2. The molecule has 1 unspecified atom stereocenters. The van der Waals surface area contributed by atoms with E-state index >= 15 is 0 Å². The monoisotopic (exact) mass is 282 g/mol. The molecule has 1 heterocycles. The molecule has 2 rings (SSSR count). The first kappa shape index (κ1) is 14.2. The third kappa shape index (κ3) is 3.61. The minimum atomic E-state index is -0.0592. The molecule has 0 amide bonds. The van der Waals surface area contributed by atoms with Crippen LogP contribution in [0.4, 0.5) is 0 Å². The highest BCUT2D eigenvalue weighted by molar-refractivity contribution is 6.32. The van der Waals surface area contributed by atoms with Gasteiger partial charge in [-0.1, -0.05) is 11.6 Å². The van der Waals surface area contributed by atoms with Gasteiger partial charge in [-0.05, 0) is 44.9 Å². The Kier molecular flexibility index (Phi) is 4.02. The smallest absolute Gasteiger partial charge is 0.138 e. The van der Waals surface area contributed by atoms with Crippen molar-refractivity contribution in [3.63, 3.8) is 0 Å². The van der Waals surface area contributed by atoms with E-state index in [0.29, 0.717) is 22.9 Å². The van der Waals surface area contributed by atoms with Gasteiger partial charge in [-0.25, -0.2) is 0 Å². The number of benzene rings is 1. The molecule has 0 bridgehead atoms. The van der Waals surface area contributed by atoms with Gasteiger partial charge in [0.15, 0.2) is 0 Å². The fraction of sp³-hybridized carbons (Fsp3) is 0.500. The summed E-state index contributed by atoms with van der Waals surface area (Å²) in [5.41, 5.74) is 5.93. The maximum atomic E-state index is 7.34. The van der Waals surface area contributed by atoms with Crippen LogP contribution in [0.15, 0.2) is 18.2 Å². The van der Waals surface area contributed by atoms with Crippen LogP contribution in [0.2, 0.25) is 5.02 Å². The number of nitrogens with one attached hydrogen (secondary N) is 1. The first-order valence-corrected chi connectivity index (χ1v) is 6.70. The summed E-state index contributed by atoms with van der Waals surface area (Å²) in [6.45, 7) is 4.66. The number of amidine groups is 1. The highest BCUT2D eigenvalue weighted by Gasteiger charge is 2.31. The molecule has 1 saturated heterocycles. The van der Waals surface area contributed by atoms with Crippen molar-refractivity contribution in [3.05, 3.63) is 28.8 Å². The summed E-state index contributed by atoms with van der Waals surface area (Å²) in [4.78, 5) is 0. The largest absolute Gasteiger partial charge is 0.489 e. The average Bonchev–Trinajstić information content (AvgIpc) is 2.67. The maximum Gasteiger partial charge on any atom is 0.138 e. The van der Waals surface area contributed by atoms with Crippen LogP contribution in [0.1, 0.15) is 32.3 Å². The van der Waals surface area contributed by atoms with Crippen molar-refractivity contribution < 1.29 is 9.47 Å². The summed E-state index contributed by atoms with van der Waals surface area (Å²) in [5, 5.41) is 7.81. The van der Waals surface area contributed by atoms with Crippen LogP contribution < -0.4 is 10.5 Å². The summed E-state index contributed by atoms with van der Waals surface area (Å²) in [7, 11) is 0.